The maximum Gasteiger partial charge on any atom is 0.235 e. The molecule has 1 fully saturated rings. The van der Waals surface area contributed by atoms with Crippen LogP contribution in [0, 0.1) is 5.92 Å². The Morgan fingerprint density at radius 1 is 1.32 bits per heavy atom. The summed E-state index contributed by atoms with van der Waals surface area (Å²) in [6.45, 7) is 7.09. The van der Waals surface area contributed by atoms with Crippen molar-refractivity contribution in [1.82, 2.24) is 10.2 Å². The monoisotopic (exact) mass is 269 g/mol. The van der Waals surface area contributed by atoms with Gasteiger partial charge in [-0.3, -0.25) is 4.79 Å². The van der Waals surface area contributed by atoms with E-state index in [9.17, 15) is 4.79 Å². The molecule has 19 heavy (non-hydrogen) atoms. The van der Waals surface area contributed by atoms with Crippen LogP contribution in [0.5, 0.6) is 0 Å². The third-order valence-corrected chi connectivity index (χ3v) is 4.37. The number of nitrogens with zero attached hydrogens (tertiary/aromatic N) is 1. The zero-order valence-electron chi connectivity index (χ0n) is 13.0. The number of hydrogen-bond acceptors (Lipinski definition) is 3. The summed E-state index contributed by atoms with van der Waals surface area (Å²) in [6, 6.07) is 0.647. The highest BCUT2D eigenvalue weighted by Gasteiger charge is 2.26. The molecule has 3 N–H and O–H groups in total. The van der Waals surface area contributed by atoms with E-state index in [1.807, 2.05) is 13.8 Å². The summed E-state index contributed by atoms with van der Waals surface area (Å²) in [5.41, 5.74) is 5.48. The lowest BCUT2D eigenvalue weighted by atomic mass is 9.84. The van der Waals surface area contributed by atoms with Gasteiger partial charge in [0.15, 0.2) is 0 Å². The number of rotatable bonds is 7. The van der Waals surface area contributed by atoms with E-state index in [1.165, 1.54) is 32.1 Å². The number of hydrogen-bond donors (Lipinski definition) is 2. The van der Waals surface area contributed by atoms with Crippen molar-refractivity contribution in [3.63, 3.8) is 0 Å². The molecule has 4 nitrogen and oxygen atoms in total. The summed E-state index contributed by atoms with van der Waals surface area (Å²) >= 11 is 0. The van der Waals surface area contributed by atoms with Crippen LogP contribution in [0.4, 0.5) is 0 Å². The standard InChI is InChI=1S/C15H31N3O/c1-5-12-6-8-13(9-7-12)18(4)10-14(15(16)19)17-11(2)3/h11-14,17H,5-10H2,1-4H3,(H2,16,19). The predicted molar refractivity (Wildman–Crippen MR) is 79.9 cm³/mol. The third-order valence-electron chi connectivity index (χ3n) is 4.37. The lowest BCUT2D eigenvalue weighted by Crippen LogP contribution is -2.52. The number of amides is 1. The van der Waals surface area contributed by atoms with Gasteiger partial charge in [-0.05, 0) is 38.6 Å². The van der Waals surface area contributed by atoms with Crippen LogP contribution >= 0.6 is 0 Å². The van der Waals surface area contributed by atoms with E-state index < -0.39 is 0 Å². The van der Waals surface area contributed by atoms with Crippen molar-refractivity contribution in [2.24, 2.45) is 11.7 Å². The molecule has 0 heterocycles. The van der Waals surface area contributed by atoms with E-state index >= 15 is 0 Å². The third kappa shape index (κ3) is 5.49. The maximum atomic E-state index is 11.5. The molecular weight excluding hydrogens is 238 g/mol. The molecule has 0 aliphatic heterocycles. The quantitative estimate of drug-likeness (QED) is 0.740. The van der Waals surface area contributed by atoms with E-state index in [-0.39, 0.29) is 18.0 Å². The first-order chi connectivity index (χ1) is 8.93. The molecule has 1 unspecified atom stereocenters. The molecule has 0 bridgehead atoms. The zero-order chi connectivity index (χ0) is 14.4. The van der Waals surface area contributed by atoms with Crippen LogP contribution in [0.15, 0.2) is 0 Å². The van der Waals surface area contributed by atoms with Crippen LogP contribution in [0.3, 0.4) is 0 Å². The Hall–Kier alpha value is -0.610. The number of carbonyl (C=O) groups excluding carboxylic acids is 1. The Labute approximate surface area is 118 Å². The van der Waals surface area contributed by atoms with Gasteiger partial charge >= 0.3 is 0 Å². The van der Waals surface area contributed by atoms with E-state index in [4.69, 9.17) is 5.73 Å². The second-order valence-electron chi connectivity index (χ2n) is 6.30. The van der Waals surface area contributed by atoms with Crippen LogP contribution in [-0.4, -0.2) is 42.5 Å². The molecule has 1 atom stereocenters. The molecule has 1 amide bonds. The summed E-state index contributed by atoms with van der Waals surface area (Å²) < 4.78 is 0. The molecule has 0 aromatic rings. The second-order valence-corrected chi connectivity index (χ2v) is 6.30. The second kappa shape index (κ2) is 7.85. The van der Waals surface area contributed by atoms with Gasteiger partial charge in [0.2, 0.25) is 5.91 Å². The number of primary amides is 1. The van der Waals surface area contributed by atoms with Crippen LogP contribution in [0.2, 0.25) is 0 Å². The minimum absolute atomic E-state index is 0.242. The lowest BCUT2D eigenvalue weighted by molar-refractivity contribution is -0.120. The average Bonchev–Trinajstić information content (AvgIpc) is 2.37. The molecule has 0 radical (unpaired) electrons. The van der Waals surface area contributed by atoms with Crippen molar-refractivity contribution in [3.05, 3.63) is 0 Å². The maximum absolute atomic E-state index is 11.5. The van der Waals surface area contributed by atoms with Crippen molar-refractivity contribution >= 4 is 5.91 Å². The minimum atomic E-state index is -0.247. The van der Waals surface area contributed by atoms with E-state index in [2.05, 4.69) is 24.2 Å². The molecule has 4 heteroatoms. The average molecular weight is 269 g/mol. The Morgan fingerprint density at radius 3 is 2.32 bits per heavy atom. The minimum Gasteiger partial charge on any atom is -0.368 e. The highest BCUT2D eigenvalue weighted by atomic mass is 16.1. The first-order valence-corrected chi connectivity index (χ1v) is 7.69. The van der Waals surface area contributed by atoms with Crippen LogP contribution in [0.1, 0.15) is 52.9 Å². The number of likely N-dealkylation sites (N-methyl/N-ethyl adjacent to an activating group) is 1. The summed E-state index contributed by atoms with van der Waals surface area (Å²) in [5.74, 6) is 0.660. The van der Waals surface area contributed by atoms with Gasteiger partial charge in [0.25, 0.3) is 0 Å². The highest BCUT2D eigenvalue weighted by molar-refractivity contribution is 5.80. The van der Waals surface area contributed by atoms with Gasteiger partial charge < -0.3 is 16.0 Å². The fraction of sp³-hybridized carbons (Fsp3) is 0.933. The van der Waals surface area contributed by atoms with Gasteiger partial charge in [-0.2, -0.15) is 0 Å². The van der Waals surface area contributed by atoms with E-state index in [1.54, 1.807) is 0 Å². The smallest absolute Gasteiger partial charge is 0.235 e. The first kappa shape index (κ1) is 16.4. The van der Waals surface area contributed by atoms with Crippen molar-refractivity contribution < 1.29 is 4.79 Å². The fourth-order valence-corrected chi connectivity index (χ4v) is 3.06. The van der Waals surface area contributed by atoms with Crippen LogP contribution in [0.25, 0.3) is 0 Å². The zero-order valence-corrected chi connectivity index (χ0v) is 13.0. The molecule has 0 saturated heterocycles. The van der Waals surface area contributed by atoms with Crippen molar-refractivity contribution in [2.75, 3.05) is 13.6 Å². The first-order valence-electron chi connectivity index (χ1n) is 7.69. The molecule has 1 aliphatic rings. The normalized spacial score (nSPS) is 25.8. The molecule has 0 aromatic carbocycles. The summed E-state index contributed by atoms with van der Waals surface area (Å²) in [7, 11) is 2.12. The largest absolute Gasteiger partial charge is 0.368 e. The topological polar surface area (TPSA) is 58.4 Å². The molecule has 1 rings (SSSR count). The van der Waals surface area contributed by atoms with Crippen molar-refractivity contribution in [3.8, 4) is 0 Å². The Bertz CT molecular complexity index is 273. The fourth-order valence-electron chi connectivity index (χ4n) is 3.06. The highest BCUT2D eigenvalue weighted by Crippen LogP contribution is 2.28. The summed E-state index contributed by atoms with van der Waals surface area (Å²) in [4.78, 5) is 13.8. The lowest BCUT2D eigenvalue weighted by Gasteiger charge is -2.36. The molecule has 1 aliphatic carbocycles. The van der Waals surface area contributed by atoms with E-state index in [0.717, 1.165) is 12.5 Å². The van der Waals surface area contributed by atoms with Gasteiger partial charge in [-0.25, -0.2) is 0 Å². The van der Waals surface area contributed by atoms with Crippen molar-refractivity contribution in [1.29, 1.82) is 0 Å². The van der Waals surface area contributed by atoms with Crippen LogP contribution < -0.4 is 11.1 Å². The Morgan fingerprint density at radius 2 is 1.89 bits per heavy atom. The Balaban J connectivity index is 2.44. The molecule has 1 saturated carbocycles. The SMILES string of the molecule is CCC1CCC(N(C)CC(NC(C)C)C(N)=O)CC1. The van der Waals surface area contributed by atoms with Gasteiger partial charge in [0.1, 0.15) is 0 Å². The molecule has 0 spiro atoms. The van der Waals surface area contributed by atoms with Crippen molar-refractivity contribution in [2.45, 2.75) is 71.0 Å². The summed E-state index contributed by atoms with van der Waals surface area (Å²) in [6.07, 6.45) is 6.45. The van der Waals surface area contributed by atoms with Gasteiger partial charge in [0.05, 0.1) is 6.04 Å². The Kier molecular flexibility index (Phi) is 6.80. The van der Waals surface area contributed by atoms with Gasteiger partial charge in [-0.15, -0.1) is 0 Å². The van der Waals surface area contributed by atoms with Gasteiger partial charge in [0, 0.05) is 18.6 Å². The van der Waals surface area contributed by atoms with Gasteiger partial charge in [-0.1, -0.05) is 27.2 Å². The molecule has 0 aromatic heterocycles. The predicted octanol–water partition coefficient (Wildman–Crippen LogP) is 1.74. The number of nitrogens with one attached hydrogen (secondary N) is 1. The van der Waals surface area contributed by atoms with Crippen LogP contribution in [-0.2, 0) is 4.79 Å². The van der Waals surface area contributed by atoms with E-state index in [0.29, 0.717) is 6.04 Å². The summed E-state index contributed by atoms with van der Waals surface area (Å²) in [5, 5.41) is 3.25. The molecular formula is C15H31N3O. The molecule has 112 valence electrons. The number of nitrogens with two attached hydrogens (primary N) is 1. The number of carbonyl (C=O) groups is 1.